The molecular formula is C3H3F4O. The minimum absolute atomic E-state index is 1.89. The Morgan fingerprint density at radius 2 is 1.75 bits per heavy atom. The van der Waals surface area contributed by atoms with Gasteiger partial charge in [0.1, 0.15) is 6.67 Å². The molecule has 0 bridgehead atoms. The third-order valence-corrected chi connectivity index (χ3v) is 0.505. The Labute approximate surface area is 42.9 Å². The molecule has 0 aromatic rings. The largest absolute Gasteiger partial charge is 0.420 e. The molecule has 0 spiro atoms. The molecule has 0 heterocycles. The molecule has 0 N–H and O–H groups in total. The molecule has 0 aliphatic heterocycles. The maximum atomic E-state index is 10.9. The summed E-state index contributed by atoms with van der Waals surface area (Å²) in [6.07, 6.45) is -7.99. The standard InChI is InChI=1S/C3H3F4O/c4-1-2(8)3(5,6)7/h2H,1H2. The minimum atomic E-state index is -4.92. The molecule has 0 saturated carbocycles. The highest BCUT2D eigenvalue weighted by atomic mass is 19.4. The fraction of sp³-hybridized carbons (Fsp3) is 1.00. The third kappa shape index (κ3) is 2.11. The fourth-order valence-electron chi connectivity index (χ4n) is 0.0875. The van der Waals surface area contributed by atoms with Gasteiger partial charge in [0.15, 0.2) is 0 Å². The molecule has 0 aliphatic carbocycles. The summed E-state index contributed by atoms with van der Waals surface area (Å²) in [7, 11) is 0. The van der Waals surface area contributed by atoms with Crippen molar-refractivity contribution in [3.63, 3.8) is 0 Å². The van der Waals surface area contributed by atoms with Gasteiger partial charge < -0.3 is 0 Å². The van der Waals surface area contributed by atoms with Gasteiger partial charge in [0.2, 0.25) is 6.10 Å². The average molecular weight is 131 g/mol. The summed E-state index contributed by atoms with van der Waals surface area (Å²) in [6, 6.07) is 0. The van der Waals surface area contributed by atoms with E-state index in [-0.39, 0.29) is 0 Å². The first kappa shape index (κ1) is 7.68. The summed E-state index contributed by atoms with van der Waals surface area (Å²) in [5.41, 5.74) is 0. The molecule has 0 aromatic carbocycles. The Hall–Kier alpha value is -0.320. The van der Waals surface area contributed by atoms with Crippen molar-refractivity contribution in [3.8, 4) is 0 Å². The molecule has 0 saturated heterocycles. The lowest BCUT2D eigenvalue weighted by molar-refractivity contribution is -0.225. The zero-order valence-corrected chi connectivity index (χ0v) is 3.70. The predicted octanol–water partition coefficient (Wildman–Crippen LogP) is 1.32. The first-order valence-electron chi connectivity index (χ1n) is 1.77. The average Bonchev–Trinajstić information content (AvgIpc) is 1.62. The smallest absolute Gasteiger partial charge is 0.248 e. The van der Waals surface area contributed by atoms with Crippen LogP contribution in [0.15, 0.2) is 0 Å². The molecule has 0 rings (SSSR count). The van der Waals surface area contributed by atoms with Crippen LogP contribution in [0.2, 0.25) is 0 Å². The summed E-state index contributed by atoms with van der Waals surface area (Å²) in [4.78, 5) is 0. The summed E-state index contributed by atoms with van der Waals surface area (Å²) in [5.74, 6) is 0. The van der Waals surface area contributed by atoms with E-state index in [1.807, 2.05) is 0 Å². The van der Waals surface area contributed by atoms with Crippen LogP contribution in [0, 0.1) is 0 Å². The number of hydrogen-bond donors (Lipinski definition) is 0. The van der Waals surface area contributed by atoms with Crippen LogP contribution in [-0.2, 0) is 5.11 Å². The van der Waals surface area contributed by atoms with E-state index < -0.39 is 19.0 Å². The quantitative estimate of drug-likeness (QED) is 0.478. The lowest BCUT2D eigenvalue weighted by Crippen LogP contribution is -2.28. The fourth-order valence-corrected chi connectivity index (χ4v) is 0.0875. The molecule has 49 valence electrons. The second-order valence-electron chi connectivity index (χ2n) is 1.18. The molecule has 0 amide bonds. The number of halogens is 4. The van der Waals surface area contributed by atoms with Gasteiger partial charge in [-0.1, -0.05) is 0 Å². The molecule has 1 nitrogen and oxygen atoms in total. The van der Waals surface area contributed by atoms with Crippen LogP contribution in [0.4, 0.5) is 17.6 Å². The monoisotopic (exact) mass is 131 g/mol. The molecule has 0 aliphatic rings. The number of alkyl halides is 4. The third-order valence-electron chi connectivity index (χ3n) is 0.505. The van der Waals surface area contributed by atoms with Gasteiger partial charge in [-0.15, -0.1) is 0 Å². The van der Waals surface area contributed by atoms with Gasteiger partial charge in [-0.25, -0.2) is 9.50 Å². The van der Waals surface area contributed by atoms with Crippen molar-refractivity contribution in [1.29, 1.82) is 0 Å². The second-order valence-corrected chi connectivity index (χ2v) is 1.18. The van der Waals surface area contributed by atoms with E-state index in [4.69, 9.17) is 0 Å². The van der Waals surface area contributed by atoms with Gasteiger partial charge >= 0.3 is 6.18 Å². The highest BCUT2D eigenvalue weighted by Gasteiger charge is 2.39. The second kappa shape index (κ2) is 2.30. The molecule has 1 atom stereocenters. The van der Waals surface area contributed by atoms with Gasteiger partial charge in [-0.2, -0.15) is 13.2 Å². The molecule has 5 heteroatoms. The lowest BCUT2D eigenvalue weighted by Gasteiger charge is -2.06. The predicted molar refractivity (Wildman–Crippen MR) is 16.5 cm³/mol. The van der Waals surface area contributed by atoms with E-state index in [2.05, 4.69) is 0 Å². The van der Waals surface area contributed by atoms with Crippen molar-refractivity contribution in [1.82, 2.24) is 0 Å². The zero-order chi connectivity index (χ0) is 6.78. The first-order chi connectivity index (χ1) is 3.48. The SMILES string of the molecule is [O]C(CF)C(F)(F)F. The van der Waals surface area contributed by atoms with Crippen molar-refractivity contribution in [2.75, 3.05) is 6.67 Å². The minimum Gasteiger partial charge on any atom is -0.248 e. The summed E-state index contributed by atoms with van der Waals surface area (Å²) in [6.45, 7) is -1.89. The van der Waals surface area contributed by atoms with Gasteiger partial charge in [-0.05, 0) is 0 Å². The van der Waals surface area contributed by atoms with Crippen LogP contribution in [-0.4, -0.2) is 19.0 Å². The van der Waals surface area contributed by atoms with Gasteiger partial charge in [0.05, 0.1) is 0 Å². The summed E-state index contributed by atoms with van der Waals surface area (Å²) >= 11 is 0. The Kier molecular flexibility index (Phi) is 2.21. The van der Waals surface area contributed by atoms with Crippen molar-refractivity contribution in [2.45, 2.75) is 12.3 Å². The zero-order valence-electron chi connectivity index (χ0n) is 3.70. The van der Waals surface area contributed by atoms with E-state index in [9.17, 15) is 22.7 Å². The van der Waals surface area contributed by atoms with Crippen molar-refractivity contribution >= 4 is 0 Å². The normalized spacial score (nSPS) is 16.1. The molecule has 1 radical (unpaired) electrons. The van der Waals surface area contributed by atoms with Gasteiger partial charge in [0, 0.05) is 0 Å². The van der Waals surface area contributed by atoms with Crippen LogP contribution >= 0.6 is 0 Å². The van der Waals surface area contributed by atoms with E-state index in [1.54, 1.807) is 0 Å². The van der Waals surface area contributed by atoms with Crippen LogP contribution in [0.1, 0.15) is 0 Å². The van der Waals surface area contributed by atoms with E-state index in [0.29, 0.717) is 0 Å². The maximum absolute atomic E-state index is 10.9. The summed E-state index contributed by atoms with van der Waals surface area (Å²) < 4.78 is 43.5. The van der Waals surface area contributed by atoms with Crippen molar-refractivity contribution in [3.05, 3.63) is 0 Å². The van der Waals surface area contributed by atoms with Crippen LogP contribution in [0.3, 0.4) is 0 Å². The highest BCUT2D eigenvalue weighted by Crippen LogP contribution is 2.20. The molecule has 0 fully saturated rings. The number of rotatable bonds is 1. The lowest BCUT2D eigenvalue weighted by atomic mass is 10.4. The van der Waals surface area contributed by atoms with Crippen LogP contribution < -0.4 is 0 Å². The Bertz CT molecular complexity index is 68.2. The molecule has 0 aromatic heterocycles. The van der Waals surface area contributed by atoms with E-state index >= 15 is 0 Å². The molecular weight excluding hydrogens is 128 g/mol. The van der Waals surface area contributed by atoms with Gasteiger partial charge in [0.25, 0.3) is 0 Å². The highest BCUT2D eigenvalue weighted by molar-refractivity contribution is 4.61. The van der Waals surface area contributed by atoms with E-state index in [0.717, 1.165) is 0 Å². The van der Waals surface area contributed by atoms with Gasteiger partial charge in [-0.3, -0.25) is 0 Å². The first-order valence-corrected chi connectivity index (χ1v) is 1.77. The number of hydrogen-bond acceptors (Lipinski definition) is 0. The van der Waals surface area contributed by atoms with E-state index in [1.165, 1.54) is 0 Å². The van der Waals surface area contributed by atoms with Crippen molar-refractivity contribution in [2.24, 2.45) is 0 Å². The Morgan fingerprint density at radius 3 is 1.75 bits per heavy atom. The Balaban J connectivity index is 3.62. The Morgan fingerprint density at radius 1 is 1.38 bits per heavy atom. The molecule has 1 unspecified atom stereocenters. The molecule has 8 heavy (non-hydrogen) atoms. The van der Waals surface area contributed by atoms with Crippen molar-refractivity contribution < 1.29 is 22.7 Å². The van der Waals surface area contributed by atoms with Crippen LogP contribution in [0.25, 0.3) is 0 Å². The summed E-state index contributed by atoms with van der Waals surface area (Å²) in [5, 5.41) is 9.42. The topological polar surface area (TPSA) is 19.9 Å². The maximum Gasteiger partial charge on any atom is 0.420 e. The van der Waals surface area contributed by atoms with Crippen LogP contribution in [0.5, 0.6) is 0 Å².